The smallest absolute Gasteiger partial charge is 0.323 e. The van der Waals surface area contributed by atoms with Crippen LogP contribution in [0.3, 0.4) is 0 Å². The van der Waals surface area contributed by atoms with Crippen LogP contribution in [0.15, 0.2) is 0 Å². The molecule has 2 heterocycles. The Bertz CT molecular complexity index is 737. The van der Waals surface area contributed by atoms with E-state index in [0.29, 0.717) is 23.9 Å². The summed E-state index contributed by atoms with van der Waals surface area (Å²) in [6, 6.07) is -0.468. The summed E-state index contributed by atoms with van der Waals surface area (Å²) in [7, 11) is 0. The first-order chi connectivity index (χ1) is 12.9. The molecule has 3 rings (SSSR count). The molecule has 0 aromatic carbocycles. The van der Waals surface area contributed by atoms with E-state index in [-0.39, 0.29) is 18.4 Å². The fourth-order valence-electron chi connectivity index (χ4n) is 3.86. The number of nitrogens with one attached hydrogen (secondary N) is 2. The lowest BCUT2D eigenvalue weighted by atomic mass is 9.77. The highest BCUT2D eigenvalue weighted by atomic mass is 32.1. The zero-order valence-electron chi connectivity index (χ0n) is 16.3. The maximum atomic E-state index is 12.8. The Morgan fingerprint density at radius 3 is 2.67 bits per heavy atom. The van der Waals surface area contributed by atoms with Crippen molar-refractivity contribution in [1.29, 1.82) is 0 Å². The fraction of sp³-hybridized carbons (Fsp3) is 0.684. The van der Waals surface area contributed by atoms with E-state index >= 15 is 0 Å². The van der Waals surface area contributed by atoms with E-state index in [0.717, 1.165) is 47.6 Å². The number of rotatable bonds is 6. The minimum Gasteiger partial charge on any atom is -0.323 e. The van der Waals surface area contributed by atoms with Gasteiger partial charge in [-0.1, -0.05) is 27.2 Å². The number of aryl methyl sites for hydroxylation is 2. The predicted molar refractivity (Wildman–Crippen MR) is 105 cm³/mol. The molecule has 1 saturated heterocycles. The highest BCUT2D eigenvalue weighted by Crippen LogP contribution is 2.36. The van der Waals surface area contributed by atoms with Crippen LogP contribution in [-0.4, -0.2) is 39.8 Å². The zero-order chi connectivity index (χ0) is 19.6. The van der Waals surface area contributed by atoms with E-state index in [2.05, 4.69) is 36.4 Å². The number of carbonyl (C=O) groups is 3. The third kappa shape index (κ3) is 4.00. The Morgan fingerprint density at radius 2 is 2.04 bits per heavy atom. The summed E-state index contributed by atoms with van der Waals surface area (Å²) in [5.41, 5.74) is 0.208. The van der Waals surface area contributed by atoms with Gasteiger partial charge in [0.1, 0.15) is 12.1 Å². The van der Waals surface area contributed by atoms with Crippen LogP contribution in [0.5, 0.6) is 0 Å². The first-order valence-corrected chi connectivity index (χ1v) is 10.6. The van der Waals surface area contributed by atoms with Crippen molar-refractivity contribution in [2.45, 2.75) is 71.3 Å². The monoisotopic (exact) mass is 392 g/mol. The van der Waals surface area contributed by atoms with Crippen LogP contribution < -0.4 is 10.6 Å². The molecule has 2 N–H and O–H groups in total. The van der Waals surface area contributed by atoms with Gasteiger partial charge in [0.15, 0.2) is 5.13 Å². The molecule has 0 radical (unpaired) electrons. The van der Waals surface area contributed by atoms with Gasteiger partial charge in [-0.2, -0.15) is 0 Å². The molecule has 0 atom stereocenters. The molecule has 0 unspecified atom stereocenters. The molecule has 27 heavy (non-hydrogen) atoms. The topological polar surface area (TPSA) is 91.4 Å². The fourth-order valence-corrected chi connectivity index (χ4v) is 4.83. The number of hydrogen-bond acceptors (Lipinski definition) is 5. The Kier molecular flexibility index (Phi) is 5.83. The van der Waals surface area contributed by atoms with Gasteiger partial charge in [0.05, 0.1) is 5.69 Å². The van der Waals surface area contributed by atoms with Gasteiger partial charge in [0.2, 0.25) is 5.91 Å². The van der Waals surface area contributed by atoms with Crippen molar-refractivity contribution in [3.63, 3.8) is 0 Å². The van der Waals surface area contributed by atoms with Crippen molar-refractivity contribution in [2.24, 2.45) is 5.92 Å². The number of aromatic nitrogens is 1. The Hall–Kier alpha value is -1.96. The van der Waals surface area contributed by atoms with Gasteiger partial charge in [-0.3, -0.25) is 14.5 Å². The summed E-state index contributed by atoms with van der Waals surface area (Å²) >= 11 is 1.46. The summed E-state index contributed by atoms with van der Waals surface area (Å²) in [5, 5.41) is 6.13. The summed E-state index contributed by atoms with van der Waals surface area (Å²) in [6.07, 6.45) is 5.84. The Labute approximate surface area is 163 Å². The van der Waals surface area contributed by atoms with Crippen molar-refractivity contribution >= 4 is 34.3 Å². The maximum absolute atomic E-state index is 12.8. The highest BCUT2D eigenvalue weighted by Gasteiger charge is 2.52. The minimum atomic E-state index is -0.811. The van der Waals surface area contributed by atoms with E-state index in [1.54, 1.807) is 0 Å². The molecule has 148 valence electrons. The Balaban J connectivity index is 1.64. The van der Waals surface area contributed by atoms with Crippen LogP contribution in [0, 0.1) is 5.92 Å². The SMILES string of the molecule is CCCc1nc(NC(=O)CN2C(=O)NC3(CCC(C)CC3)C2=O)sc1CC. The van der Waals surface area contributed by atoms with Crippen molar-refractivity contribution in [3.8, 4) is 0 Å². The quantitative estimate of drug-likeness (QED) is 0.728. The molecule has 2 aliphatic rings. The molecule has 4 amide bonds. The van der Waals surface area contributed by atoms with Crippen molar-refractivity contribution in [2.75, 3.05) is 11.9 Å². The second-order valence-electron chi connectivity index (χ2n) is 7.63. The minimum absolute atomic E-state index is 0.269. The van der Waals surface area contributed by atoms with Crippen LogP contribution in [0.1, 0.15) is 63.4 Å². The van der Waals surface area contributed by atoms with Crippen LogP contribution in [-0.2, 0) is 22.4 Å². The van der Waals surface area contributed by atoms with Gasteiger partial charge < -0.3 is 10.6 Å². The number of nitrogens with zero attached hydrogens (tertiary/aromatic N) is 2. The van der Waals surface area contributed by atoms with E-state index in [9.17, 15) is 14.4 Å². The standard InChI is InChI=1S/C19H28N4O3S/c1-4-6-13-14(5-2)27-17(20-13)21-15(24)11-23-16(25)19(22-18(23)26)9-7-12(3)8-10-19/h12H,4-11H2,1-3H3,(H,22,26)(H,20,21,24). The molecule has 1 aromatic rings. The number of carbonyl (C=O) groups excluding carboxylic acids is 3. The lowest BCUT2D eigenvalue weighted by Crippen LogP contribution is -2.49. The van der Waals surface area contributed by atoms with Gasteiger partial charge in [-0.25, -0.2) is 9.78 Å². The predicted octanol–water partition coefficient (Wildman–Crippen LogP) is 3.10. The molecular weight excluding hydrogens is 364 g/mol. The second-order valence-corrected chi connectivity index (χ2v) is 8.71. The molecule has 1 aromatic heterocycles. The van der Waals surface area contributed by atoms with Gasteiger partial charge in [0, 0.05) is 4.88 Å². The van der Waals surface area contributed by atoms with Crippen LogP contribution in [0.2, 0.25) is 0 Å². The largest absolute Gasteiger partial charge is 0.325 e. The van der Waals surface area contributed by atoms with Crippen LogP contribution in [0.25, 0.3) is 0 Å². The van der Waals surface area contributed by atoms with Gasteiger partial charge in [-0.05, 0) is 44.4 Å². The molecular formula is C19H28N4O3S. The maximum Gasteiger partial charge on any atom is 0.325 e. The molecule has 0 bridgehead atoms. The highest BCUT2D eigenvalue weighted by molar-refractivity contribution is 7.15. The summed E-state index contributed by atoms with van der Waals surface area (Å²) in [5.74, 6) is -0.0959. The summed E-state index contributed by atoms with van der Waals surface area (Å²) < 4.78 is 0. The third-order valence-corrected chi connectivity index (χ3v) is 6.67. The first kappa shape index (κ1) is 19.8. The average Bonchev–Trinajstić information content (AvgIpc) is 3.12. The molecule has 7 nitrogen and oxygen atoms in total. The number of thiazole rings is 1. The lowest BCUT2D eigenvalue weighted by molar-refractivity contribution is -0.135. The number of amides is 4. The average molecular weight is 393 g/mol. The molecule has 8 heteroatoms. The lowest BCUT2D eigenvalue weighted by Gasteiger charge is -2.33. The van der Waals surface area contributed by atoms with E-state index in [1.807, 2.05) is 0 Å². The third-order valence-electron chi connectivity index (χ3n) is 5.51. The number of hydrogen-bond donors (Lipinski definition) is 2. The second kappa shape index (κ2) is 7.96. The van der Waals surface area contributed by atoms with Gasteiger partial charge in [0.25, 0.3) is 5.91 Å². The van der Waals surface area contributed by atoms with Gasteiger partial charge in [-0.15, -0.1) is 11.3 Å². The Morgan fingerprint density at radius 1 is 1.33 bits per heavy atom. The molecule has 2 fully saturated rings. The summed E-state index contributed by atoms with van der Waals surface area (Å²) in [6.45, 7) is 6.04. The van der Waals surface area contributed by atoms with E-state index in [1.165, 1.54) is 11.3 Å². The van der Waals surface area contributed by atoms with Crippen LogP contribution >= 0.6 is 11.3 Å². The van der Waals surface area contributed by atoms with E-state index in [4.69, 9.17) is 0 Å². The molecule has 1 aliphatic heterocycles. The van der Waals surface area contributed by atoms with Crippen LogP contribution in [0.4, 0.5) is 9.93 Å². The number of urea groups is 1. The molecule has 1 aliphatic carbocycles. The zero-order valence-corrected chi connectivity index (χ0v) is 17.1. The van der Waals surface area contributed by atoms with Crippen molar-refractivity contribution in [1.82, 2.24) is 15.2 Å². The number of imide groups is 1. The van der Waals surface area contributed by atoms with Crippen molar-refractivity contribution in [3.05, 3.63) is 10.6 Å². The van der Waals surface area contributed by atoms with Gasteiger partial charge >= 0.3 is 6.03 Å². The van der Waals surface area contributed by atoms with E-state index < -0.39 is 11.6 Å². The first-order valence-electron chi connectivity index (χ1n) is 9.81. The normalized spacial score (nSPS) is 25.1. The van der Waals surface area contributed by atoms with Crippen molar-refractivity contribution < 1.29 is 14.4 Å². The summed E-state index contributed by atoms with van der Waals surface area (Å²) in [4.78, 5) is 44.3. The molecule has 1 saturated carbocycles. The number of anilines is 1. The molecule has 1 spiro atoms.